The van der Waals surface area contributed by atoms with Crippen molar-refractivity contribution in [3.05, 3.63) is 34.6 Å². The zero-order valence-corrected chi connectivity index (χ0v) is 15.2. The van der Waals surface area contributed by atoms with Crippen molar-refractivity contribution in [3.63, 3.8) is 0 Å². The Morgan fingerprint density at radius 3 is 2.36 bits per heavy atom. The Bertz CT molecular complexity index is 914. The lowest BCUT2D eigenvalue weighted by atomic mass is 9.78. The molecule has 2 saturated heterocycles. The number of rotatable bonds is 2. The number of nitrogens with one attached hydrogen (secondary N) is 2. The molecule has 1 aromatic rings. The van der Waals surface area contributed by atoms with E-state index in [1.54, 1.807) is 0 Å². The minimum absolute atomic E-state index is 0.0590. The van der Waals surface area contributed by atoms with Gasteiger partial charge in [-0.05, 0) is 62.2 Å². The highest BCUT2D eigenvalue weighted by Crippen LogP contribution is 2.49. The van der Waals surface area contributed by atoms with Crippen molar-refractivity contribution in [1.82, 2.24) is 15.5 Å². The van der Waals surface area contributed by atoms with Crippen molar-refractivity contribution in [3.8, 4) is 0 Å². The molecule has 1 saturated carbocycles. The largest absolute Gasteiger partial charge is 0.316 e. The minimum Gasteiger partial charge on any atom is -0.316 e. The predicted octanol–water partition coefficient (Wildman–Crippen LogP) is 0.940. The molecule has 3 aliphatic heterocycles. The molecule has 0 radical (unpaired) electrons. The van der Waals surface area contributed by atoms with Crippen LogP contribution in [0.3, 0.4) is 0 Å². The second kappa shape index (κ2) is 6.20. The first-order valence-electron chi connectivity index (χ1n) is 9.72. The van der Waals surface area contributed by atoms with Crippen LogP contribution in [-0.4, -0.2) is 47.7 Å². The fourth-order valence-corrected chi connectivity index (χ4v) is 5.44. The number of imide groups is 2. The van der Waals surface area contributed by atoms with Gasteiger partial charge in [-0.3, -0.25) is 29.4 Å². The van der Waals surface area contributed by atoms with E-state index in [0.29, 0.717) is 5.56 Å². The molecule has 7 nitrogen and oxygen atoms in total. The van der Waals surface area contributed by atoms with Crippen molar-refractivity contribution in [1.29, 1.82) is 0 Å². The second-order valence-corrected chi connectivity index (χ2v) is 8.11. The fourth-order valence-electron chi connectivity index (χ4n) is 5.44. The molecular weight excluding hydrogens is 365 g/mol. The van der Waals surface area contributed by atoms with Crippen LogP contribution in [-0.2, 0) is 9.59 Å². The second-order valence-electron chi connectivity index (χ2n) is 8.11. The quantitative estimate of drug-likeness (QED) is 0.739. The van der Waals surface area contributed by atoms with Crippen LogP contribution in [0.4, 0.5) is 4.39 Å². The van der Waals surface area contributed by atoms with Gasteiger partial charge >= 0.3 is 0 Å². The Balaban J connectivity index is 1.58. The van der Waals surface area contributed by atoms with Crippen molar-refractivity contribution >= 4 is 23.6 Å². The van der Waals surface area contributed by atoms with Gasteiger partial charge < -0.3 is 5.32 Å². The Morgan fingerprint density at radius 1 is 0.964 bits per heavy atom. The summed E-state index contributed by atoms with van der Waals surface area (Å²) in [6.45, 7) is 1.53. The molecular formula is C20H20FN3O4. The summed E-state index contributed by atoms with van der Waals surface area (Å²) in [6.07, 6.45) is 2.07. The molecule has 3 unspecified atom stereocenters. The van der Waals surface area contributed by atoms with Gasteiger partial charge in [0.05, 0.1) is 11.1 Å². The highest BCUT2D eigenvalue weighted by molar-refractivity contribution is 6.24. The van der Waals surface area contributed by atoms with Crippen molar-refractivity contribution in [2.24, 2.45) is 11.8 Å². The third-order valence-electron chi connectivity index (χ3n) is 6.67. The van der Waals surface area contributed by atoms with E-state index in [4.69, 9.17) is 0 Å². The van der Waals surface area contributed by atoms with Crippen LogP contribution >= 0.6 is 0 Å². The molecule has 146 valence electrons. The fraction of sp³-hybridized carbons (Fsp3) is 0.500. The van der Waals surface area contributed by atoms with E-state index in [0.717, 1.165) is 30.8 Å². The molecule has 1 aromatic carbocycles. The lowest BCUT2D eigenvalue weighted by molar-refractivity contribution is -0.136. The number of benzene rings is 1. The van der Waals surface area contributed by atoms with E-state index >= 15 is 0 Å². The smallest absolute Gasteiger partial charge is 0.262 e. The number of halogens is 1. The summed E-state index contributed by atoms with van der Waals surface area (Å²) < 4.78 is 15.0. The summed E-state index contributed by atoms with van der Waals surface area (Å²) in [7, 11) is 0. The van der Waals surface area contributed by atoms with Gasteiger partial charge in [0, 0.05) is 12.0 Å². The summed E-state index contributed by atoms with van der Waals surface area (Å²) in [4.78, 5) is 50.8. The highest BCUT2D eigenvalue weighted by atomic mass is 19.1. The zero-order valence-electron chi connectivity index (χ0n) is 15.2. The molecule has 4 amide bonds. The van der Waals surface area contributed by atoms with E-state index in [-0.39, 0.29) is 41.7 Å². The standard InChI is InChI=1S/C20H20FN3O4/c21-12-4-3-11-16(17(12)15-9-1-2-10(15)8-22-7-9)20(28)24(19(11)27)13-5-6-14(25)23-18(13)26/h3-4,9-10,13,15,22H,1-2,5-8H2,(H,23,25,26). The van der Waals surface area contributed by atoms with E-state index < -0.39 is 35.5 Å². The van der Waals surface area contributed by atoms with Crippen molar-refractivity contribution in [2.45, 2.75) is 37.6 Å². The Morgan fingerprint density at radius 2 is 1.68 bits per heavy atom. The van der Waals surface area contributed by atoms with Crippen molar-refractivity contribution in [2.75, 3.05) is 13.1 Å². The van der Waals surface area contributed by atoms with Crippen LogP contribution in [0, 0.1) is 17.7 Å². The van der Waals surface area contributed by atoms with Crippen LogP contribution < -0.4 is 10.6 Å². The maximum absolute atomic E-state index is 15.0. The lowest BCUT2D eigenvalue weighted by Crippen LogP contribution is -2.54. The maximum Gasteiger partial charge on any atom is 0.262 e. The normalized spacial score (nSPS) is 32.0. The SMILES string of the molecule is O=C1CCC(N2C(=O)c3ccc(F)c(C4C5CCC4CNC5)c3C2=O)C(=O)N1. The van der Waals surface area contributed by atoms with Gasteiger partial charge in [-0.2, -0.15) is 0 Å². The Labute approximate surface area is 160 Å². The van der Waals surface area contributed by atoms with E-state index in [1.165, 1.54) is 12.1 Å². The molecule has 1 aliphatic carbocycles. The van der Waals surface area contributed by atoms with Crippen LogP contribution in [0.5, 0.6) is 0 Å². The van der Waals surface area contributed by atoms with Gasteiger partial charge in [-0.15, -0.1) is 0 Å². The summed E-state index contributed by atoms with van der Waals surface area (Å²) in [5.74, 6) is -2.40. The van der Waals surface area contributed by atoms with Gasteiger partial charge in [-0.25, -0.2) is 4.39 Å². The molecule has 28 heavy (non-hydrogen) atoms. The number of piperidine rings is 2. The first-order valence-corrected chi connectivity index (χ1v) is 9.72. The Kier molecular flexibility index (Phi) is 3.87. The Hall–Kier alpha value is -2.61. The third kappa shape index (κ3) is 2.37. The maximum atomic E-state index is 15.0. The molecule has 4 aliphatic rings. The van der Waals surface area contributed by atoms with Gasteiger partial charge in [0.25, 0.3) is 11.8 Å². The van der Waals surface area contributed by atoms with Gasteiger partial charge in [0.1, 0.15) is 11.9 Å². The predicted molar refractivity (Wildman–Crippen MR) is 94.9 cm³/mol. The first kappa shape index (κ1) is 17.5. The first-order chi connectivity index (χ1) is 13.5. The molecule has 2 N–H and O–H groups in total. The molecule has 0 aromatic heterocycles. The number of amides is 4. The van der Waals surface area contributed by atoms with E-state index in [2.05, 4.69) is 10.6 Å². The molecule has 5 rings (SSSR count). The number of hydrogen-bond donors (Lipinski definition) is 2. The zero-order chi connectivity index (χ0) is 19.6. The van der Waals surface area contributed by atoms with E-state index in [1.807, 2.05) is 0 Å². The molecule has 3 heterocycles. The van der Waals surface area contributed by atoms with Gasteiger partial charge in [0.15, 0.2) is 0 Å². The molecule has 0 spiro atoms. The van der Waals surface area contributed by atoms with Crippen LogP contribution in [0.15, 0.2) is 12.1 Å². The molecule has 3 fully saturated rings. The lowest BCUT2D eigenvalue weighted by Gasteiger charge is -2.32. The number of nitrogens with zero attached hydrogens (tertiary/aromatic N) is 1. The highest BCUT2D eigenvalue weighted by Gasteiger charge is 2.49. The van der Waals surface area contributed by atoms with Crippen LogP contribution in [0.1, 0.15) is 57.9 Å². The van der Waals surface area contributed by atoms with Gasteiger partial charge in [0.2, 0.25) is 11.8 Å². The number of fused-ring (bicyclic) bond motifs is 3. The van der Waals surface area contributed by atoms with E-state index in [9.17, 15) is 23.6 Å². The molecule has 8 heteroatoms. The van der Waals surface area contributed by atoms with Crippen LogP contribution in [0.25, 0.3) is 0 Å². The molecule has 3 atom stereocenters. The summed E-state index contributed by atoms with van der Waals surface area (Å²) in [5.41, 5.74) is 0.599. The topological polar surface area (TPSA) is 95.6 Å². The molecule has 2 bridgehead atoms. The third-order valence-corrected chi connectivity index (χ3v) is 6.67. The monoisotopic (exact) mass is 385 g/mol. The number of carbonyl (C=O) groups is 4. The number of hydrogen-bond acceptors (Lipinski definition) is 5. The summed E-state index contributed by atoms with van der Waals surface area (Å²) in [5, 5.41) is 5.54. The number of carbonyl (C=O) groups excluding carboxylic acids is 4. The minimum atomic E-state index is -1.04. The average molecular weight is 385 g/mol. The summed E-state index contributed by atoms with van der Waals surface area (Å²) in [6, 6.07) is 1.56. The summed E-state index contributed by atoms with van der Waals surface area (Å²) >= 11 is 0. The average Bonchev–Trinajstić information content (AvgIpc) is 3.04. The van der Waals surface area contributed by atoms with Crippen LogP contribution in [0.2, 0.25) is 0 Å². The van der Waals surface area contributed by atoms with Crippen molar-refractivity contribution < 1.29 is 23.6 Å². The van der Waals surface area contributed by atoms with Gasteiger partial charge in [-0.1, -0.05) is 0 Å².